The first kappa shape index (κ1) is 28.1. The molecule has 4 aromatic rings. The van der Waals surface area contributed by atoms with Gasteiger partial charge in [-0.05, 0) is 73.4 Å². The Labute approximate surface area is 244 Å². The summed E-state index contributed by atoms with van der Waals surface area (Å²) in [5.41, 5.74) is 9.42. The predicted molar refractivity (Wildman–Crippen MR) is 158 cm³/mol. The molecule has 40 heavy (non-hydrogen) atoms. The van der Waals surface area contributed by atoms with Crippen LogP contribution in [0.1, 0.15) is 58.6 Å². The van der Waals surface area contributed by atoms with Crippen LogP contribution in [-0.4, -0.2) is 46.3 Å². The Morgan fingerprint density at radius 1 is 0.950 bits per heavy atom. The highest BCUT2D eigenvalue weighted by Gasteiger charge is 2.43. The maximum Gasteiger partial charge on any atom is 0.312 e. The van der Waals surface area contributed by atoms with E-state index in [2.05, 4.69) is 33.4 Å². The fraction of sp³-hybridized carbons (Fsp3) is 0.323. The number of aryl methyl sites for hydroxylation is 2. The van der Waals surface area contributed by atoms with Crippen LogP contribution >= 0.6 is 23.2 Å². The molecule has 1 fully saturated rings. The van der Waals surface area contributed by atoms with E-state index in [9.17, 15) is 4.79 Å². The quantitative estimate of drug-likeness (QED) is 0.226. The fourth-order valence-corrected chi connectivity index (χ4v) is 5.90. The number of carbonyl (C=O) groups excluding carboxylic acids is 1. The van der Waals surface area contributed by atoms with Gasteiger partial charge >= 0.3 is 6.01 Å². The molecule has 0 radical (unpaired) electrons. The molecule has 7 nitrogen and oxygen atoms in total. The van der Waals surface area contributed by atoms with Crippen molar-refractivity contribution in [2.24, 2.45) is 0 Å². The van der Waals surface area contributed by atoms with Gasteiger partial charge in [-0.2, -0.15) is 0 Å². The zero-order valence-corrected chi connectivity index (χ0v) is 24.0. The summed E-state index contributed by atoms with van der Waals surface area (Å²) >= 11 is 12.2. The average molecular weight is 579 g/mol. The van der Waals surface area contributed by atoms with Crippen molar-refractivity contribution in [2.75, 3.05) is 25.9 Å². The number of hydrogen-bond donors (Lipinski definition) is 1. The van der Waals surface area contributed by atoms with Crippen LogP contribution < -0.4 is 5.73 Å². The number of amides is 1. The zero-order valence-electron chi connectivity index (χ0n) is 22.5. The van der Waals surface area contributed by atoms with Gasteiger partial charge in [0, 0.05) is 25.7 Å². The highest BCUT2D eigenvalue weighted by molar-refractivity contribution is 6.42. The molecule has 1 aliphatic heterocycles. The Kier molecular flexibility index (Phi) is 8.74. The third-order valence-electron chi connectivity index (χ3n) is 7.88. The molecule has 5 rings (SSSR count). The Hall–Kier alpha value is -3.39. The highest BCUT2D eigenvalue weighted by atomic mass is 35.5. The molecule has 0 saturated carbocycles. The Morgan fingerprint density at radius 2 is 1.65 bits per heavy atom. The molecule has 3 aromatic carbocycles. The van der Waals surface area contributed by atoms with E-state index in [4.69, 9.17) is 33.4 Å². The number of nitrogens with zero attached hydrogens (tertiary/aromatic N) is 4. The lowest BCUT2D eigenvalue weighted by atomic mass is 9.73. The summed E-state index contributed by atoms with van der Waals surface area (Å²) in [5, 5.41) is 13.2. The van der Waals surface area contributed by atoms with Crippen molar-refractivity contribution in [3.05, 3.63) is 111 Å². The lowest BCUT2D eigenvalue weighted by Crippen LogP contribution is -2.51. The fourth-order valence-electron chi connectivity index (χ4n) is 5.58. The predicted octanol–water partition coefficient (Wildman–Crippen LogP) is 6.59. The number of carbonyl (C=O) groups is 1. The number of nitrogen functional groups attached to an aromatic ring is 1. The Bertz CT molecular complexity index is 1450. The summed E-state index contributed by atoms with van der Waals surface area (Å²) < 4.78 is 5.74. The number of benzene rings is 3. The molecule has 0 unspecified atom stereocenters. The van der Waals surface area contributed by atoms with Crippen LogP contribution in [0.5, 0.6) is 0 Å². The summed E-state index contributed by atoms with van der Waals surface area (Å²) in [5.74, 6) is 0.519. The molecule has 208 valence electrons. The molecule has 2 N–H and O–H groups in total. The smallest absolute Gasteiger partial charge is 0.312 e. The van der Waals surface area contributed by atoms with Gasteiger partial charge in [0.05, 0.1) is 15.5 Å². The van der Waals surface area contributed by atoms with Crippen molar-refractivity contribution < 1.29 is 9.21 Å². The topological polar surface area (TPSA) is 88.5 Å². The van der Waals surface area contributed by atoms with Crippen LogP contribution in [0.15, 0.2) is 77.2 Å². The molecule has 1 saturated heterocycles. The molecule has 0 atom stereocenters. The van der Waals surface area contributed by atoms with Gasteiger partial charge in [0.1, 0.15) is 0 Å². The summed E-state index contributed by atoms with van der Waals surface area (Å²) in [7, 11) is 1.85. The summed E-state index contributed by atoms with van der Waals surface area (Å²) in [4.78, 5) is 13.7. The lowest BCUT2D eigenvalue weighted by molar-refractivity contribution is -0.0174. The first-order valence-electron chi connectivity index (χ1n) is 13.6. The van der Waals surface area contributed by atoms with Crippen molar-refractivity contribution >= 4 is 35.1 Å². The van der Waals surface area contributed by atoms with Crippen LogP contribution in [0, 0.1) is 0 Å². The van der Waals surface area contributed by atoms with Crippen LogP contribution in [0.3, 0.4) is 0 Å². The number of aromatic nitrogens is 2. The maximum atomic E-state index is 13.7. The van der Waals surface area contributed by atoms with Gasteiger partial charge in [0.25, 0.3) is 5.91 Å². The zero-order chi connectivity index (χ0) is 28.1. The second-order valence-corrected chi connectivity index (χ2v) is 11.1. The normalized spacial score (nSPS) is 15.2. The van der Waals surface area contributed by atoms with Gasteiger partial charge in [-0.25, -0.2) is 5.01 Å². The van der Waals surface area contributed by atoms with E-state index in [1.165, 1.54) is 5.56 Å². The SMILES string of the molecule is CN(C(=O)c1ccccc1CCCCc1ccc(Cl)c(Cl)c1)N1CCC(c2ccccc2)(c2nnc(N)o2)CC1. The average Bonchev–Trinajstić information content (AvgIpc) is 3.44. The Balaban J connectivity index is 1.23. The summed E-state index contributed by atoms with van der Waals surface area (Å²) in [6.07, 6.45) is 5.12. The standard InChI is InChI=1S/C31H33Cl2N5O2/c1-37(38-19-17-31(18-20-38,24-12-3-2-4-13-24)29-35-36-30(34)40-29)28(39)25-14-8-7-11-23(25)10-6-5-9-22-15-16-26(32)27(33)21-22/h2-4,7-8,11-16,21H,5-6,9-10,17-20H2,1H3,(H2,34,36). The second kappa shape index (κ2) is 12.4. The van der Waals surface area contributed by atoms with E-state index in [1.54, 1.807) is 5.01 Å². The molecular weight excluding hydrogens is 545 g/mol. The number of halogens is 2. The van der Waals surface area contributed by atoms with E-state index in [0.717, 1.165) is 42.4 Å². The van der Waals surface area contributed by atoms with E-state index in [1.807, 2.05) is 61.6 Å². The third-order valence-corrected chi connectivity index (χ3v) is 8.62. The van der Waals surface area contributed by atoms with E-state index < -0.39 is 5.41 Å². The highest BCUT2D eigenvalue weighted by Crippen LogP contribution is 2.41. The first-order chi connectivity index (χ1) is 19.4. The molecule has 1 amide bonds. The molecule has 9 heteroatoms. The van der Waals surface area contributed by atoms with Crippen LogP contribution in [0.4, 0.5) is 6.01 Å². The molecule has 1 aromatic heterocycles. The van der Waals surface area contributed by atoms with Crippen LogP contribution in [-0.2, 0) is 18.3 Å². The number of piperidine rings is 1. The molecule has 0 aliphatic carbocycles. The van der Waals surface area contributed by atoms with E-state index in [-0.39, 0.29) is 11.9 Å². The molecule has 0 spiro atoms. The van der Waals surface area contributed by atoms with Crippen molar-refractivity contribution in [1.82, 2.24) is 20.2 Å². The molecule has 0 bridgehead atoms. The molecule has 1 aliphatic rings. The van der Waals surface area contributed by atoms with Crippen molar-refractivity contribution in [3.63, 3.8) is 0 Å². The van der Waals surface area contributed by atoms with Crippen LogP contribution in [0.25, 0.3) is 0 Å². The van der Waals surface area contributed by atoms with Gasteiger partial charge in [0.2, 0.25) is 5.89 Å². The lowest BCUT2D eigenvalue weighted by Gasteiger charge is -2.43. The minimum Gasteiger partial charge on any atom is -0.407 e. The number of hydrogen-bond acceptors (Lipinski definition) is 6. The summed E-state index contributed by atoms with van der Waals surface area (Å²) in [6, 6.07) is 23.9. The van der Waals surface area contributed by atoms with Gasteiger partial charge < -0.3 is 10.2 Å². The molecular formula is C31H33Cl2N5O2. The van der Waals surface area contributed by atoms with E-state index in [0.29, 0.717) is 41.9 Å². The second-order valence-electron chi connectivity index (χ2n) is 10.3. The largest absolute Gasteiger partial charge is 0.407 e. The van der Waals surface area contributed by atoms with Crippen molar-refractivity contribution in [2.45, 2.75) is 43.9 Å². The minimum absolute atomic E-state index is 0.00525. The minimum atomic E-state index is -0.446. The number of hydrazine groups is 1. The number of rotatable bonds is 9. The number of unbranched alkanes of at least 4 members (excludes halogenated alkanes) is 1. The Morgan fingerprint density at radius 3 is 2.35 bits per heavy atom. The summed E-state index contributed by atoms with van der Waals surface area (Å²) in [6.45, 7) is 1.32. The van der Waals surface area contributed by atoms with Gasteiger partial charge in [-0.1, -0.05) is 82.9 Å². The van der Waals surface area contributed by atoms with E-state index >= 15 is 0 Å². The van der Waals surface area contributed by atoms with Crippen molar-refractivity contribution in [3.8, 4) is 0 Å². The van der Waals surface area contributed by atoms with Crippen LogP contribution in [0.2, 0.25) is 10.0 Å². The number of anilines is 1. The number of nitrogens with two attached hydrogens (primary N) is 1. The van der Waals surface area contributed by atoms with Crippen molar-refractivity contribution in [1.29, 1.82) is 0 Å². The first-order valence-corrected chi connectivity index (χ1v) is 14.3. The third kappa shape index (κ3) is 6.02. The van der Waals surface area contributed by atoms with Gasteiger partial charge in [0.15, 0.2) is 0 Å². The monoisotopic (exact) mass is 577 g/mol. The molecule has 2 heterocycles. The van der Waals surface area contributed by atoms with Gasteiger partial charge in [-0.15, -0.1) is 5.10 Å². The maximum absolute atomic E-state index is 13.7. The van der Waals surface area contributed by atoms with Gasteiger partial charge in [-0.3, -0.25) is 9.80 Å².